The summed E-state index contributed by atoms with van der Waals surface area (Å²) >= 11 is 0. The van der Waals surface area contributed by atoms with Crippen molar-refractivity contribution in [3.63, 3.8) is 0 Å². The smallest absolute Gasteiger partial charge is 0.194 e. The molecule has 86 valence electrons. The van der Waals surface area contributed by atoms with E-state index in [1.54, 1.807) is 0 Å². The Morgan fingerprint density at radius 1 is 1.07 bits per heavy atom. The third-order valence-electron chi connectivity index (χ3n) is 2.35. The van der Waals surface area contributed by atoms with E-state index in [0.717, 1.165) is 38.5 Å². The van der Waals surface area contributed by atoms with Crippen LogP contribution in [-0.4, -0.2) is 12.3 Å². The maximum Gasteiger partial charge on any atom is 0.194 e. The zero-order chi connectivity index (χ0) is 10.8. The van der Waals surface area contributed by atoms with Gasteiger partial charge in [-0.3, -0.25) is 4.57 Å². The van der Waals surface area contributed by atoms with Crippen molar-refractivity contribution in [2.75, 3.05) is 6.61 Å². The van der Waals surface area contributed by atoms with E-state index in [9.17, 15) is 4.57 Å². The van der Waals surface area contributed by atoms with E-state index in [1.807, 2.05) is 0 Å². The maximum absolute atomic E-state index is 11.8. The second-order valence-electron chi connectivity index (χ2n) is 3.80. The summed E-state index contributed by atoms with van der Waals surface area (Å²) in [6, 6.07) is 0. The lowest BCUT2D eigenvalue weighted by atomic mass is 10.2. The Morgan fingerprint density at radius 3 is 2.07 bits per heavy atom. The highest BCUT2D eigenvalue weighted by Crippen LogP contribution is 2.35. The molecule has 0 aliphatic carbocycles. The van der Waals surface area contributed by atoms with Gasteiger partial charge in [-0.25, -0.2) is 0 Å². The van der Waals surface area contributed by atoms with Crippen LogP contribution < -0.4 is 0 Å². The van der Waals surface area contributed by atoms with Crippen LogP contribution in [-0.2, 0) is 9.09 Å². The van der Waals surface area contributed by atoms with Crippen molar-refractivity contribution in [3.05, 3.63) is 0 Å². The van der Waals surface area contributed by atoms with Gasteiger partial charge in [0.25, 0.3) is 0 Å². The van der Waals surface area contributed by atoms with E-state index in [0.29, 0.717) is 12.3 Å². The first-order valence-electron chi connectivity index (χ1n) is 5.92. The van der Waals surface area contributed by atoms with Gasteiger partial charge in [0.1, 0.15) is 0 Å². The minimum atomic E-state index is -1.78. The van der Waals surface area contributed by atoms with Crippen LogP contribution in [0.5, 0.6) is 0 Å². The van der Waals surface area contributed by atoms with Crippen LogP contribution in [0.3, 0.4) is 0 Å². The quantitative estimate of drug-likeness (QED) is 0.429. The summed E-state index contributed by atoms with van der Waals surface area (Å²) in [4.78, 5) is 0. The first kappa shape index (κ1) is 14.2. The fourth-order valence-corrected chi connectivity index (χ4v) is 3.14. The van der Waals surface area contributed by atoms with E-state index in [4.69, 9.17) is 4.52 Å². The summed E-state index contributed by atoms with van der Waals surface area (Å²) in [7, 11) is -1.78. The van der Waals surface area contributed by atoms with Crippen molar-refractivity contribution in [3.8, 4) is 0 Å². The average molecular weight is 220 g/mol. The highest BCUT2D eigenvalue weighted by Gasteiger charge is 2.14. The molecule has 3 heteroatoms. The molecule has 2 nitrogen and oxygen atoms in total. The lowest BCUT2D eigenvalue weighted by Gasteiger charge is -2.14. The van der Waals surface area contributed by atoms with E-state index < -0.39 is 8.03 Å². The zero-order valence-corrected chi connectivity index (χ0v) is 10.8. The molecule has 0 spiro atoms. The molecule has 0 aliphatic heterocycles. The molecule has 1 atom stereocenters. The van der Waals surface area contributed by atoms with E-state index >= 15 is 0 Å². The fourth-order valence-electron chi connectivity index (χ4n) is 1.51. The minimum absolute atomic E-state index is 0.326. The fraction of sp³-hybridized carbons (Fsp3) is 1.00. The second-order valence-corrected chi connectivity index (χ2v) is 5.54. The molecule has 14 heavy (non-hydrogen) atoms. The molecule has 0 N–H and O–H groups in total. The van der Waals surface area contributed by atoms with E-state index in [1.165, 1.54) is 0 Å². The van der Waals surface area contributed by atoms with Gasteiger partial charge in [0, 0.05) is 5.66 Å². The molecule has 0 heterocycles. The molecule has 0 saturated heterocycles. The number of hydrogen-bond donors (Lipinski definition) is 0. The Morgan fingerprint density at radius 2 is 1.64 bits per heavy atom. The van der Waals surface area contributed by atoms with Crippen LogP contribution in [0.2, 0.25) is 0 Å². The van der Waals surface area contributed by atoms with Crippen LogP contribution in [0.4, 0.5) is 0 Å². The van der Waals surface area contributed by atoms with Crippen molar-refractivity contribution in [1.29, 1.82) is 0 Å². The minimum Gasteiger partial charge on any atom is -0.330 e. The van der Waals surface area contributed by atoms with E-state index in [2.05, 4.69) is 20.8 Å². The van der Waals surface area contributed by atoms with Crippen LogP contribution in [0, 0.1) is 0 Å². The van der Waals surface area contributed by atoms with Gasteiger partial charge in [-0.05, 0) is 19.3 Å². The monoisotopic (exact) mass is 220 g/mol. The van der Waals surface area contributed by atoms with Gasteiger partial charge in [0.15, 0.2) is 8.03 Å². The normalized spacial score (nSPS) is 13.4. The molecule has 0 fully saturated rings. The predicted octanol–water partition coefficient (Wildman–Crippen LogP) is 4.25. The predicted molar refractivity (Wildman–Crippen MR) is 63.5 cm³/mol. The molecule has 0 amide bonds. The summed E-state index contributed by atoms with van der Waals surface area (Å²) < 4.78 is 17.2. The molecule has 0 saturated carbocycles. The topological polar surface area (TPSA) is 26.3 Å². The van der Waals surface area contributed by atoms with Gasteiger partial charge >= 0.3 is 0 Å². The van der Waals surface area contributed by atoms with Gasteiger partial charge in [0.05, 0.1) is 6.61 Å². The first-order valence-corrected chi connectivity index (χ1v) is 7.32. The molecular weight excluding hydrogens is 195 g/mol. The SMILES string of the molecule is CCCCO[PH](=O)C(CCC)CCC. The standard InChI is InChI=1S/C11H25O2P/c1-4-7-10-13-14(12)11(8-5-2)9-6-3/h11,14H,4-10H2,1-3H3. The number of hydrogen-bond acceptors (Lipinski definition) is 2. The van der Waals surface area contributed by atoms with Crippen LogP contribution >= 0.6 is 8.03 Å². The summed E-state index contributed by atoms with van der Waals surface area (Å²) in [6.45, 7) is 7.09. The van der Waals surface area contributed by atoms with Crippen LogP contribution in [0.15, 0.2) is 0 Å². The van der Waals surface area contributed by atoms with Crippen LogP contribution in [0.1, 0.15) is 59.3 Å². The molecule has 1 unspecified atom stereocenters. The van der Waals surface area contributed by atoms with Gasteiger partial charge < -0.3 is 4.52 Å². The van der Waals surface area contributed by atoms with Crippen molar-refractivity contribution in [2.24, 2.45) is 0 Å². The number of unbranched alkanes of at least 4 members (excludes halogenated alkanes) is 1. The summed E-state index contributed by atoms with van der Waals surface area (Å²) in [5, 5.41) is 0. The summed E-state index contributed by atoms with van der Waals surface area (Å²) in [6.07, 6.45) is 6.47. The Bertz CT molecular complexity index is 142. The zero-order valence-electron chi connectivity index (χ0n) is 9.84. The first-order chi connectivity index (χ1) is 6.76. The molecule has 0 aromatic rings. The molecule has 0 aromatic heterocycles. The molecule has 0 aliphatic rings. The highest BCUT2D eigenvalue weighted by atomic mass is 31.1. The maximum atomic E-state index is 11.8. The van der Waals surface area contributed by atoms with E-state index in [-0.39, 0.29) is 0 Å². The van der Waals surface area contributed by atoms with Gasteiger partial charge in [-0.1, -0.05) is 40.0 Å². The molecule has 0 rings (SSSR count). The summed E-state index contributed by atoms with van der Waals surface area (Å²) in [5.74, 6) is 0. The molecule has 0 bridgehead atoms. The third kappa shape index (κ3) is 6.62. The lowest BCUT2D eigenvalue weighted by molar-refractivity contribution is 0.312. The Kier molecular flexibility index (Phi) is 9.87. The Hall–Kier alpha value is 0.190. The number of rotatable bonds is 9. The van der Waals surface area contributed by atoms with Crippen molar-refractivity contribution in [2.45, 2.75) is 65.0 Å². The Labute approximate surface area is 89.3 Å². The second kappa shape index (κ2) is 9.73. The average Bonchev–Trinajstić information content (AvgIpc) is 2.18. The van der Waals surface area contributed by atoms with Crippen molar-refractivity contribution in [1.82, 2.24) is 0 Å². The molecular formula is C11H25O2P. The van der Waals surface area contributed by atoms with Gasteiger partial charge in [-0.2, -0.15) is 0 Å². The summed E-state index contributed by atoms with van der Waals surface area (Å²) in [5.41, 5.74) is 0.326. The van der Waals surface area contributed by atoms with Crippen molar-refractivity contribution >= 4 is 8.03 Å². The highest BCUT2D eigenvalue weighted by molar-refractivity contribution is 7.40. The van der Waals surface area contributed by atoms with Gasteiger partial charge in [-0.15, -0.1) is 0 Å². The van der Waals surface area contributed by atoms with Crippen molar-refractivity contribution < 1.29 is 9.09 Å². The largest absolute Gasteiger partial charge is 0.330 e. The van der Waals surface area contributed by atoms with Gasteiger partial charge in [0.2, 0.25) is 0 Å². The third-order valence-corrected chi connectivity index (χ3v) is 4.08. The molecule has 0 aromatic carbocycles. The Balaban J connectivity index is 3.76. The molecule has 0 radical (unpaired) electrons. The van der Waals surface area contributed by atoms with Crippen LogP contribution in [0.25, 0.3) is 0 Å². The lowest BCUT2D eigenvalue weighted by Crippen LogP contribution is -2.03.